The molecule has 1 unspecified atom stereocenters. The van der Waals surface area contributed by atoms with Crippen molar-refractivity contribution in [2.45, 2.75) is 52.4 Å². The molecular weight excluding hydrogens is 202 g/mol. The molecule has 0 bridgehead atoms. The molecule has 0 aromatic rings. The molecule has 1 aliphatic rings. The zero-order valence-electron chi connectivity index (χ0n) is 10.6. The van der Waals surface area contributed by atoms with E-state index in [-0.39, 0.29) is 23.8 Å². The Hall–Kier alpha value is -0.570. The van der Waals surface area contributed by atoms with Crippen molar-refractivity contribution in [2.75, 3.05) is 13.2 Å². The van der Waals surface area contributed by atoms with Crippen molar-refractivity contribution in [3.05, 3.63) is 0 Å². The van der Waals surface area contributed by atoms with Crippen LogP contribution in [0.1, 0.15) is 52.4 Å². The number of aliphatic hydroxyl groups excluding tert-OH is 1. The summed E-state index contributed by atoms with van der Waals surface area (Å²) < 4.78 is 0. The van der Waals surface area contributed by atoms with Gasteiger partial charge in [0.25, 0.3) is 0 Å². The van der Waals surface area contributed by atoms with Crippen molar-refractivity contribution in [1.29, 1.82) is 0 Å². The highest BCUT2D eigenvalue weighted by Gasteiger charge is 2.31. The lowest BCUT2D eigenvalue weighted by molar-refractivity contribution is -0.125. The molecule has 1 saturated carbocycles. The quantitative estimate of drug-likeness (QED) is 0.755. The van der Waals surface area contributed by atoms with Gasteiger partial charge in [-0.25, -0.2) is 0 Å². The van der Waals surface area contributed by atoms with E-state index in [9.17, 15) is 9.90 Å². The summed E-state index contributed by atoms with van der Waals surface area (Å²) in [5.74, 6) is 0.209. The third-order valence-corrected chi connectivity index (χ3v) is 3.95. The van der Waals surface area contributed by atoms with Crippen LogP contribution in [0.4, 0.5) is 0 Å². The third-order valence-electron chi connectivity index (χ3n) is 3.95. The van der Waals surface area contributed by atoms with Crippen molar-refractivity contribution in [3.63, 3.8) is 0 Å². The zero-order valence-corrected chi connectivity index (χ0v) is 10.6. The molecule has 1 rings (SSSR count). The standard InChI is InChI=1S/C13H25NO2/c1-3-11(2)12(16)14-9-13(10-15)7-5-4-6-8-13/h11,15H,3-10H2,1-2H3,(H,14,16). The summed E-state index contributed by atoms with van der Waals surface area (Å²) in [5.41, 5.74) is -0.0403. The van der Waals surface area contributed by atoms with Gasteiger partial charge in [-0.15, -0.1) is 0 Å². The Labute approximate surface area is 98.6 Å². The molecule has 0 radical (unpaired) electrons. The Kier molecular flexibility index (Phi) is 5.26. The van der Waals surface area contributed by atoms with Crippen molar-refractivity contribution < 1.29 is 9.90 Å². The Morgan fingerprint density at radius 3 is 2.50 bits per heavy atom. The van der Waals surface area contributed by atoms with Crippen molar-refractivity contribution in [2.24, 2.45) is 11.3 Å². The van der Waals surface area contributed by atoms with E-state index >= 15 is 0 Å². The number of carbonyl (C=O) groups is 1. The SMILES string of the molecule is CCC(C)C(=O)NCC1(CO)CCCCC1. The monoisotopic (exact) mass is 227 g/mol. The van der Waals surface area contributed by atoms with Gasteiger partial charge >= 0.3 is 0 Å². The molecule has 16 heavy (non-hydrogen) atoms. The summed E-state index contributed by atoms with van der Waals surface area (Å²) in [5, 5.41) is 12.5. The van der Waals surface area contributed by atoms with Crippen LogP contribution in [-0.4, -0.2) is 24.2 Å². The molecule has 94 valence electrons. The molecule has 0 spiro atoms. The number of nitrogens with one attached hydrogen (secondary N) is 1. The van der Waals surface area contributed by atoms with Crippen LogP contribution in [-0.2, 0) is 4.79 Å². The smallest absolute Gasteiger partial charge is 0.222 e. The summed E-state index contributed by atoms with van der Waals surface area (Å²) in [6.45, 7) is 4.81. The van der Waals surface area contributed by atoms with Gasteiger partial charge in [0.2, 0.25) is 5.91 Å². The van der Waals surface area contributed by atoms with E-state index in [1.165, 1.54) is 19.3 Å². The lowest BCUT2D eigenvalue weighted by Gasteiger charge is -2.35. The van der Waals surface area contributed by atoms with Crippen molar-refractivity contribution in [1.82, 2.24) is 5.32 Å². The van der Waals surface area contributed by atoms with E-state index in [0.717, 1.165) is 19.3 Å². The van der Waals surface area contributed by atoms with Crippen LogP contribution in [0.3, 0.4) is 0 Å². The second kappa shape index (κ2) is 6.24. The fraction of sp³-hybridized carbons (Fsp3) is 0.923. The average Bonchev–Trinajstić information content (AvgIpc) is 2.36. The van der Waals surface area contributed by atoms with Gasteiger partial charge in [-0.05, 0) is 19.3 Å². The summed E-state index contributed by atoms with van der Waals surface area (Å²) in [4.78, 5) is 11.7. The van der Waals surface area contributed by atoms with E-state index in [4.69, 9.17) is 0 Å². The van der Waals surface area contributed by atoms with E-state index < -0.39 is 0 Å². The zero-order chi connectivity index (χ0) is 12.0. The van der Waals surface area contributed by atoms with Crippen LogP contribution in [0.15, 0.2) is 0 Å². The number of amides is 1. The summed E-state index contributed by atoms with van der Waals surface area (Å²) in [6.07, 6.45) is 6.59. The van der Waals surface area contributed by atoms with E-state index in [2.05, 4.69) is 5.32 Å². The normalized spacial score (nSPS) is 21.4. The highest BCUT2D eigenvalue weighted by molar-refractivity contribution is 5.78. The molecular formula is C13H25NO2. The number of aliphatic hydroxyl groups is 1. The average molecular weight is 227 g/mol. The molecule has 2 N–H and O–H groups in total. The van der Waals surface area contributed by atoms with Crippen molar-refractivity contribution >= 4 is 5.91 Å². The van der Waals surface area contributed by atoms with Gasteiger partial charge in [-0.3, -0.25) is 4.79 Å². The molecule has 0 saturated heterocycles. The molecule has 3 heteroatoms. The Morgan fingerprint density at radius 1 is 1.38 bits per heavy atom. The maximum atomic E-state index is 11.7. The molecule has 0 aliphatic heterocycles. The lowest BCUT2D eigenvalue weighted by atomic mass is 9.74. The fourth-order valence-corrected chi connectivity index (χ4v) is 2.33. The van der Waals surface area contributed by atoms with Gasteiger partial charge in [-0.2, -0.15) is 0 Å². The Morgan fingerprint density at radius 2 is 2.00 bits per heavy atom. The van der Waals surface area contributed by atoms with Gasteiger partial charge in [0, 0.05) is 17.9 Å². The third kappa shape index (κ3) is 3.48. The molecule has 0 heterocycles. The first-order chi connectivity index (χ1) is 7.63. The van der Waals surface area contributed by atoms with Crippen molar-refractivity contribution in [3.8, 4) is 0 Å². The van der Waals surface area contributed by atoms with Crippen LogP contribution in [0.25, 0.3) is 0 Å². The minimum absolute atomic E-state index is 0.0403. The minimum atomic E-state index is -0.0403. The lowest BCUT2D eigenvalue weighted by Crippen LogP contribution is -2.42. The highest BCUT2D eigenvalue weighted by Crippen LogP contribution is 2.35. The molecule has 0 aromatic carbocycles. The predicted octanol–water partition coefficient (Wildman–Crippen LogP) is 2.09. The highest BCUT2D eigenvalue weighted by atomic mass is 16.3. The fourth-order valence-electron chi connectivity index (χ4n) is 2.33. The van der Waals surface area contributed by atoms with Gasteiger partial charge in [-0.1, -0.05) is 33.1 Å². The second-order valence-electron chi connectivity index (χ2n) is 5.25. The van der Waals surface area contributed by atoms with Crippen LogP contribution < -0.4 is 5.32 Å². The van der Waals surface area contributed by atoms with Crippen LogP contribution in [0.2, 0.25) is 0 Å². The maximum absolute atomic E-state index is 11.7. The Balaban J connectivity index is 2.41. The summed E-state index contributed by atoms with van der Waals surface area (Å²) >= 11 is 0. The minimum Gasteiger partial charge on any atom is -0.396 e. The molecule has 3 nitrogen and oxygen atoms in total. The molecule has 1 aliphatic carbocycles. The van der Waals surface area contributed by atoms with Crippen LogP contribution in [0.5, 0.6) is 0 Å². The molecule has 1 atom stereocenters. The molecule has 0 aromatic heterocycles. The number of rotatable bonds is 5. The van der Waals surface area contributed by atoms with Crippen LogP contribution >= 0.6 is 0 Å². The Bertz CT molecular complexity index is 222. The van der Waals surface area contributed by atoms with Gasteiger partial charge in [0.1, 0.15) is 0 Å². The number of hydrogen-bond donors (Lipinski definition) is 2. The van der Waals surface area contributed by atoms with E-state index in [1.807, 2.05) is 13.8 Å². The number of carbonyl (C=O) groups excluding carboxylic acids is 1. The first kappa shape index (κ1) is 13.5. The number of hydrogen-bond acceptors (Lipinski definition) is 2. The molecule has 1 amide bonds. The largest absolute Gasteiger partial charge is 0.396 e. The van der Waals surface area contributed by atoms with E-state index in [0.29, 0.717) is 6.54 Å². The van der Waals surface area contributed by atoms with Gasteiger partial charge in [0.15, 0.2) is 0 Å². The topological polar surface area (TPSA) is 49.3 Å². The first-order valence-corrected chi connectivity index (χ1v) is 6.52. The van der Waals surface area contributed by atoms with Crippen LogP contribution in [0, 0.1) is 11.3 Å². The maximum Gasteiger partial charge on any atom is 0.222 e. The first-order valence-electron chi connectivity index (χ1n) is 6.52. The second-order valence-corrected chi connectivity index (χ2v) is 5.25. The van der Waals surface area contributed by atoms with E-state index in [1.54, 1.807) is 0 Å². The summed E-state index contributed by atoms with van der Waals surface area (Å²) in [7, 11) is 0. The predicted molar refractivity (Wildman–Crippen MR) is 65.1 cm³/mol. The van der Waals surface area contributed by atoms with Gasteiger partial charge in [0.05, 0.1) is 6.61 Å². The summed E-state index contributed by atoms with van der Waals surface area (Å²) in [6, 6.07) is 0. The van der Waals surface area contributed by atoms with Gasteiger partial charge < -0.3 is 10.4 Å². The molecule has 1 fully saturated rings.